The summed E-state index contributed by atoms with van der Waals surface area (Å²) in [7, 11) is 2.79. The summed E-state index contributed by atoms with van der Waals surface area (Å²) in [5.41, 5.74) is 10.7. The van der Waals surface area contributed by atoms with Gasteiger partial charge in [-0.3, -0.25) is 0 Å². The molecule has 0 N–H and O–H groups in total. The third kappa shape index (κ3) is 7.12. The number of anilines is 6. The molecule has 0 aliphatic carbocycles. The average Bonchev–Trinajstić information content (AvgIpc) is 3.32. The van der Waals surface area contributed by atoms with Crippen LogP contribution in [0.15, 0.2) is 206 Å². The standard InChI is InChI=1S/C54H40N2O4/c1-59-53(57)39-18-14-16-37(34-39)51-47-26-12-13-27-48(47)52(38-17-15-19-40(35-38)54(58)60-2)50-36-46(32-33-49(50)51)56(43-24-10-5-11-25-43)45-30-28-44(29-31-45)55(41-20-6-3-7-21-41)42-22-8-4-9-23-42/h3-36H,1-2H3. The second-order valence-electron chi connectivity index (χ2n) is 14.4. The average molecular weight is 781 g/mol. The van der Waals surface area contributed by atoms with Crippen molar-refractivity contribution in [2.75, 3.05) is 24.0 Å². The maximum atomic E-state index is 12.9. The lowest BCUT2D eigenvalue weighted by Gasteiger charge is -2.29. The first-order chi connectivity index (χ1) is 29.5. The van der Waals surface area contributed by atoms with Crippen molar-refractivity contribution in [1.29, 1.82) is 0 Å². The van der Waals surface area contributed by atoms with Gasteiger partial charge in [-0.15, -0.1) is 0 Å². The molecule has 9 aromatic rings. The lowest BCUT2D eigenvalue weighted by molar-refractivity contribution is 0.0592. The largest absolute Gasteiger partial charge is 0.465 e. The Balaban J connectivity index is 1.28. The van der Waals surface area contributed by atoms with E-state index in [2.05, 4.69) is 125 Å². The third-order valence-electron chi connectivity index (χ3n) is 10.8. The highest BCUT2D eigenvalue weighted by atomic mass is 16.5. The predicted molar refractivity (Wildman–Crippen MR) is 244 cm³/mol. The topological polar surface area (TPSA) is 59.1 Å². The molecule has 0 bridgehead atoms. The zero-order valence-electron chi connectivity index (χ0n) is 33.2. The van der Waals surface area contributed by atoms with Crippen molar-refractivity contribution in [2.24, 2.45) is 0 Å². The number of nitrogens with zero attached hydrogens (tertiary/aromatic N) is 2. The van der Waals surface area contributed by atoms with Crippen LogP contribution in [0.3, 0.4) is 0 Å². The fourth-order valence-electron chi connectivity index (χ4n) is 8.14. The Labute approximate surface area is 349 Å². The fraction of sp³-hybridized carbons (Fsp3) is 0.0370. The van der Waals surface area contributed by atoms with Crippen molar-refractivity contribution in [3.05, 3.63) is 217 Å². The van der Waals surface area contributed by atoms with Crippen molar-refractivity contribution in [2.45, 2.75) is 0 Å². The van der Waals surface area contributed by atoms with Crippen LogP contribution < -0.4 is 9.80 Å². The molecule has 0 atom stereocenters. The predicted octanol–water partition coefficient (Wildman–Crippen LogP) is 13.8. The van der Waals surface area contributed by atoms with E-state index in [1.807, 2.05) is 78.9 Å². The SMILES string of the molecule is COC(=O)c1cccc(-c2c3ccccc3c(-c3cccc(C(=O)OC)c3)c3cc(N(c4ccccc4)c4ccc(N(c5ccccc5)c5ccccc5)cc4)ccc23)c1. The summed E-state index contributed by atoms with van der Waals surface area (Å²) in [5.74, 6) is -0.802. The molecule has 0 amide bonds. The van der Waals surface area contributed by atoms with Crippen LogP contribution in [-0.4, -0.2) is 26.2 Å². The maximum absolute atomic E-state index is 12.9. The Hall–Kier alpha value is -7.96. The Kier molecular flexibility index (Phi) is 10.3. The molecule has 9 aromatic carbocycles. The Morgan fingerprint density at radius 3 is 1.12 bits per heavy atom. The van der Waals surface area contributed by atoms with E-state index < -0.39 is 11.9 Å². The highest BCUT2D eigenvalue weighted by Crippen LogP contribution is 2.47. The molecule has 60 heavy (non-hydrogen) atoms. The molecule has 0 fully saturated rings. The van der Waals surface area contributed by atoms with Gasteiger partial charge in [0, 0.05) is 34.1 Å². The van der Waals surface area contributed by atoms with Gasteiger partial charge in [0.25, 0.3) is 0 Å². The summed E-state index contributed by atoms with van der Waals surface area (Å²) < 4.78 is 10.3. The molecule has 0 radical (unpaired) electrons. The van der Waals surface area contributed by atoms with E-state index in [0.29, 0.717) is 11.1 Å². The highest BCUT2D eigenvalue weighted by Gasteiger charge is 2.22. The smallest absolute Gasteiger partial charge is 0.337 e. The van der Waals surface area contributed by atoms with Gasteiger partial charge in [0.05, 0.1) is 25.3 Å². The molecule has 0 aliphatic heterocycles. The number of benzene rings is 9. The van der Waals surface area contributed by atoms with Gasteiger partial charge in [0.1, 0.15) is 0 Å². The Bertz CT molecular complexity index is 2950. The first-order valence-electron chi connectivity index (χ1n) is 19.7. The first-order valence-corrected chi connectivity index (χ1v) is 19.7. The summed E-state index contributed by atoms with van der Waals surface area (Å²) in [5, 5.41) is 3.97. The number of para-hydroxylation sites is 3. The molecule has 290 valence electrons. The minimum atomic E-state index is -0.404. The number of carbonyl (C=O) groups is 2. The van der Waals surface area contributed by atoms with E-state index in [4.69, 9.17) is 9.47 Å². The van der Waals surface area contributed by atoms with Gasteiger partial charge in [-0.1, -0.05) is 109 Å². The van der Waals surface area contributed by atoms with Gasteiger partial charge in [0.15, 0.2) is 0 Å². The van der Waals surface area contributed by atoms with Crippen LogP contribution in [0.1, 0.15) is 20.7 Å². The van der Waals surface area contributed by atoms with Crippen LogP contribution in [-0.2, 0) is 9.47 Å². The van der Waals surface area contributed by atoms with Gasteiger partial charge in [-0.05, 0) is 141 Å². The number of carbonyl (C=O) groups excluding carboxylic acids is 2. The number of hydrogen-bond donors (Lipinski definition) is 0. The molecule has 0 spiro atoms. The van der Waals surface area contributed by atoms with Gasteiger partial charge in [0.2, 0.25) is 0 Å². The quantitative estimate of drug-likeness (QED) is 0.102. The molecule has 9 rings (SSSR count). The Morgan fingerprint density at radius 1 is 0.333 bits per heavy atom. The van der Waals surface area contributed by atoms with E-state index in [1.165, 1.54) is 14.2 Å². The number of fused-ring (bicyclic) bond motifs is 2. The first kappa shape index (κ1) is 37.6. The van der Waals surface area contributed by atoms with Gasteiger partial charge >= 0.3 is 11.9 Å². The summed E-state index contributed by atoms with van der Waals surface area (Å²) in [6, 6.07) is 69.8. The summed E-state index contributed by atoms with van der Waals surface area (Å²) in [4.78, 5) is 30.2. The van der Waals surface area contributed by atoms with Crippen LogP contribution in [0.25, 0.3) is 43.8 Å². The molecular weight excluding hydrogens is 741 g/mol. The third-order valence-corrected chi connectivity index (χ3v) is 10.8. The normalized spacial score (nSPS) is 11.0. The highest BCUT2D eigenvalue weighted by molar-refractivity contribution is 6.22. The Morgan fingerprint density at radius 2 is 0.683 bits per heavy atom. The lowest BCUT2D eigenvalue weighted by atomic mass is 9.85. The van der Waals surface area contributed by atoms with Gasteiger partial charge in [-0.25, -0.2) is 9.59 Å². The molecule has 6 nitrogen and oxygen atoms in total. The second kappa shape index (κ2) is 16.5. The van der Waals surface area contributed by atoms with Crippen molar-refractivity contribution in [1.82, 2.24) is 0 Å². The van der Waals surface area contributed by atoms with Crippen LogP contribution in [0.2, 0.25) is 0 Å². The van der Waals surface area contributed by atoms with E-state index in [1.54, 1.807) is 12.1 Å². The summed E-state index contributed by atoms with van der Waals surface area (Å²) >= 11 is 0. The molecule has 0 unspecified atom stereocenters. The van der Waals surface area contributed by atoms with E-state index in [9.17, 15) is 9.59 Å². The van der Waals surface area contributed by atoms with Gasteiger partial charge < -0.3 is 19.3 Å². The van der Waals surface area contributed by atoms with E-state index in [-0.39, 0.29) is 0 Å². The van der Waals surface area contributed by atoms with Crippen LogP contribution >= 0.6 is 0 Å². The molecule has 0 heterocycles. The number of hydrogen-bond acceptors (Lipinski definition) is 6. The van der Waals surface area contributed by atoms with Crippen molar-refractivity contribution >= 4 is 67.6 Å². The van der Waals surface area contributed by atoms with E-state index in [0.717, 1.165) is 77.9 Å². The van der Waals surface area contributed by atoms with Crippen molar-refractivity contribution in [3.63, 3.8) is 0 Å². The molecule has 0 saturated heterocycles. The molecule has 6 heteroatoms. The number of methoxy groups -OCH3 is 2. The molecule has 0 aliphatic rings. The van der Waals surface area contributed by atoms with E-state index >= 15 is 0 Å². The maximum Gasteiger partial charge on any atom is 0.337 e. The number of ether oxygens (including phenoxy) is 2. The molecule has 0 saturated carbocycles. The summed E-state index contributed by atoms with van der Waals surface area (Å²) in [6.45, 7) is 0. The monoisotopic (exact) mass is 780 g/mol. The minimum absolute atomic E-state index is 0.399. The fourth-order valence-corrected chi connectivity index (χ4v) is 8.14. The van der Waals surface area contributed by atoms with Crippen molar-refractivity contribution < 1.29 is 19.1 Å². The zero-order chi connectivity index (χ0) is 41.0. The molecule has 0 aromatic heterocycles. The van der Waals surface area contributed by atoms with Crippen LogP contribution in [0, 0.1) is 0 Å². The molecular formula is C54H40N2O4. The van der Waals surface area contributed by atoms with Crippen LogP contribution in [0.5, 0.6) is 0 Å². The van der Waals surface area contributed by atoms with Crippen LogP contribution in [0.4, 0.5) is 34.1 Å². The van der Waals surface area contributed by atoms with Gasteiger partial charge in [-0.2, -0.15) is 0 Å². The van der Waals surface area contributed by atoms with Crippen molar-refractivity contribution in [3.8, 4) is 22.3 Å². The summed E-state index contributed by atoms with van der Waals surface area (Å²) in [6.07, 6.45) is 0. The zero-order valence-corrected chi connectivity index (χ0v) is 33.2. The second-order valence-corrected chi connectivity index (χ2v) is 14.4. The number of esters is 2. The minimum Gasteiger partial charge on any atom is -0.465 e. The lowest BCUT2D eigenvalue weighted by Crippen LogP contribution is -2.12. The number of rotatable bonds is 10.